The standard InChI is InChI=1S/C14H22N2OS/c1-11(15)5-3-4-10-18-14-8-6-13(7-9-14)16-12(2)17/h6-9,11H,3-5,10,15H2,1-2H3,(H,16,17). The molecule has 0 saturated heterocycles. The Kier molecular flexibility index (Phi) is 6.83. The highest BCUT2D eigenvalue weighted by atomic mass is 32.2. The van der Waals surface area contributed by atoms with E-state index in [0.29, 0.717) is 6.04 Å². The van der Waals surface area contributed by atoms with Gasteiger partial charge in [-0.2, -0.15) is 0 Å². The number of amides is 1. The first kappa shape index (κ1) is 15.1. The molecule has 0 aliphatic rings. The van der Waals surface area contributed by atoms with Gasteiger partial charge in [0.2, 0.25) is 5.91 Å². The SMILES string of the molecule is CC(=O)Nc1ccc(SCCCCC(C)N)cc1. The Morgan fingerprint density at radius 3 is 2.56 bits per heavy atom. The summed E-state index contributed by atoms with van der Waals surface area (Å²) in [6.07, 6.45) is 3.48. The summed E-state index contributed by atoms with van der Waals surface area (Å²) in [6.45, 7) is 3.56. The van der Waals surface area contributed by atoms with Gasteiger partial charge in [-0.15, -0.1) is 11.8 Å². The number of hydrogen-bond donors (Lipinski definition) is 2. The van der Waals surface area contributed by atoms with Crippen molar-refractivity contribution in [1.29, 1.82) is 0 Å². The first-order valence-electron chi connectivity index (χ1n) is 6.34. The summed E-state index contributed by atoms with van der Waals surface area (Å²) < 4.78 is 0. The van der Waals surface area contributed by atoms with E-state index in [4.69, 9.17) is 5.73 Å². The second-order valence-electron chi connectivity index (χ2n) is 4.53. The Morgan fingerprint density at radius 2 is 2.00 bits per heavy atom. The van der Waals surface area contributed by atoms with E-state index < -0.39 is 0 Å². The molecule has 0 bridgehead atoms. The van der Waals surface area contributed by atoms with Crippen molar-refractivity contribution in [2.45, 2.75) is 44.0 Å². The van der Waals surface area contributed by atoms with E-state index in [9.17, 15) is 4.79 Å². The fraction of sp³-hybridized carbons (Fsp3) is 0.500. The summed E-state index contributed by atoms with van der Waals surface area (Å²) in [4.78, 5) is 12.1. The molecule has 0 spiro atoms. The van der Waals surface area contributed by atoms with Crippen LogP contribution in [0.25, 0.3) is 0 Å². The predicted molar refractivity (Wildman–Crippen MR) is 79.0 cm³/mol. The van der Waals surface area contributed by atoms with E-state index in [1.807, 2.05) is 43.0 Å². The van der Waals surface area contributed by atoms with Crippen LogP contribution in [0.15, 0.2) is 29.2 Å². The first-order valence-corrected chi connectivity index (χ1v) is 7.32. The normalized spacial score (nSPS) is 12.2. The highest BCUT2D eigenvalue weighted by molar-refractivity contribution is 7.99. The molecule has 3 nitrogen and oxygen atoms in total. The third-order valence-corrected chi connectivity index (χ3v) is 3.60. The summed E-state index contributed by atoms with van der Waals surface area (Å²) in [5, 5.41) is 2.76. The predicted octanol–water partition coefficient (Wildman–Crippen LogP) is 3.25. The molecule has 1 unspecified atom stereocenters. The number of carbonyl (C=O) groups excluding carboxylic acids is 1. The molecule has 0 heterocycles. The van der Waals surface area contributed by atoms with E-state index in [1.165, 1.54) is 24.7 Å². The summed E-state index contributed by atoms with van der Waals surface area (Å²) in [6, 6.07) is 8.27. The number of nitrogens with one attached hydrogen (secondary N) is 1. The van der Waals surface area contributed by atoms with E-state index in [1.54, 1.807) is 0 Å². The third kappa shape index (κ3) is 6.67. The molecule has 1 rings (SSSR count). The molecule has 0 aromatic heterocycles. The summed E-state index contributed by atoms with van der Waals surface area (Å²) >= 11 is 1.85. The molecule has 0 radical (unpaired) electrons. The topological polar surface area (TPSA) is 55.1 Å². The van der Waals surface area contributed by atoms with Crippen molar-refractivity contribution in [1.82, 2.24) is 0 Å². The summed E-state index contributed by atoms with van der Waals surface area (Å²) in [5.41, 5.74) is 6.55. The van der Waals surface area contributed by atoms with Crippen LogP contribution < -0.4 is 11.1 Å². The molecule has 4 heteroatoms. The first-order chi connectivity index (χ1) is 8.58. The van der Waals surface area contributed by atoms with Crippen molar-refractivity contribution in [3.63, 3.8) is 0 Å². The van der Waals surface area contributed by atoms with Crippen molar-refractivity contribution in [3.05, 3.63) is 24.3 Å². The number of rotatable bonds is 7. The zero-order chi connectivity index (χ0) is 13.4. The van der Waals surface area contributed by atoms with Crippen molar-refractivity contribution in [2.24, 2.45) is 5.73 Å². The minimum absolute atomic E-state index is 0.0358. The molecular weight excluding hydrogens is 244 g/mol. The fourth-order valence-electron chi connectivity index (χ4n) is 1.60. The number of benzene rings is 1. The lowest BCUT2D eigenvalue weighted by Crippen LogP contribution is -2.13. The number of anilines is 1. The fourth-order valence-corrected chi connectivity index (χ4v) is 2.51. The lowest BCUT2D eigenvalue weighted by molar-refractivity contribution is -0.114. The van der Waals surface area contributed by atoms with Crippen LogP contribution in [0.2, 0.25) is 0 Å². The van der Waals surface area contributed by atoms with Gasteiger partial charge in [-0.1, -0.05) is 6.42 Å². The largest absolute Gasteiger partial charge is 0.328 e. The second-order valence-corrected chi connectivity index (χ2v) is 5.70. The van der Waals surface area contributed by atoms with Crippen molar-refractivity contribution < 1.29 is 4.79 Å². The van der Waals surface area contributed by atoms with Crippen molar-refractivity contribution in [2.75, 3.05) is 11.1 Å². The molecule has 18 heavy (non-hydrogen) atoms. The van der Waals surface area contributed by atoms with E-state index in [2.05, 4.69) is 5.32 Å². The van der Waals surface area contributed by atoms with Crippen LogP contribution in [-0.4, -0.2) is 17.7 Å². The highest BCUT2D eigenvalue weighted by Crippen LogP contribution is 2.21. The van der Waals surface area contributed by atoms with Crippen LogP contribution in [0, 0.1) is 0 Å². The number of carbonyl (C=O) groups is 1. The highest BCUT2D eigenvalue weighted by Gasteiger charge is 1.98. The van der Waals surface area contributed by atoms with Gasteiger partial charge in [-0.3, -0.25) is 4.79 Å². The van der Waals surface area contributed by atoms with Gasteiger partial charge in [-0.05, 0) is 49.8 Å². The van der Waals surface area contributed by atoms with E-state index in [-0.39, 0.29) is 5.91 Å². The molecule has 0 saturated carbocycles. The van der Waals surface area contributed by atoms with Gasteiger partial charge in [0.05, 0.1) is 0 Å². The molecule has 1 aromatic rings. The van der Waals surface area contributed by atoms with Crippen molar-refractivity contribution >= 4 is 23.4 Å². The maximum Gasteiger partial charge on any atom is 0.221 e. The molecule has 1 amide bonds. The van der Waals surface area contributed by atoms with Gasteiger partial charge >= 0.3 is 0 Å². The minimum Gasteiger partial charge on any atom is -0.328 e. The van der Waals surface area contributed by atoms with Crippen LogP contribution in [-0.2, 0) is 4.79 Å². The lowest BCUT2D eigenvalue weighted by Gasteiger charge is -2.06. The van der Waals surface area contributed by atoms with Gasteiger partial charge in [0.1, 0.15) is 0 Å². The molecular formula is C14H22N2OS. The molecule has 100 valence electrons. The monoisotopic (exact) mass is 266 g/mol. The summed E-state index contributed by atoms with van der Waals surface area (Å²) in [5.74, 6) is 1.08. The molecule has 0 aliphatic carbocycles. The Hall–Kier alpha value is -1.00. The van der Waals surface area contributed by atoms with E-state index in [0.717, 1.165) is 17.9 Å². The number of thioether (sulfide) groups is 1. The zero-order valence-electron chi connectivity index (χ0n) is 11.1. The molecule has 3 N–H and O–H groups in total. The lowest BCUT2D eigenvalue weighted by atomic mass is 10.2. The maximum atomic E-state index is 10.9. The second kappa shape index (κ2) is 8.16. The molecule has 1 aromatic carbocycles. The zero-order valence-corrected chi connectivity index (χ0v) is 11.9. The molecule has 0 aliphatic heterocycles. The average Bonchev–Trinajstić information content (AvgIpc) is 2.30. The van der Waals surface area contributed by atoms with Crippen LogP contribution in [0.3, 0.4) is 0 Å². The van der Waals surface area contributed by atoms with Gasteiger partial charge < -0.3 is 11.1 Å². The Bertz CT molecular complexity index is 363. The van der Waals surface area contributed by atoms with Crippen LogP contribution in [0.4, 0.5) is 5.69 Å². The minimum atomic E-state index is -0.0358. The number of unbranched alkanes of at least 4 members (excludes halogenated alkanes) is 1. The maximum absolute atomic E-state index is 10.9. The molecule has 0 fully saturated rings. The number of nitrogens with two attached hydrogens (primary N) is 1. The Morgan fingerprint density at radius 1 is 1.33 bits per heavy atom. The van der Waals surface area contributed by atoms with Gasteiger partial charge in [0, 0.05) is 23.5 Å². The Balaban J connectivity index is 2.24. The smallest absolute Gasteiger partial charge is 0.221 e. The average molecular weight is 266 g/mol. The van der Waals surface area contributed by atoms with Gasteiger partial charge in [0.25, 0.3) is 0 Å². The number of hydrogen-bond acceptors (Lipinski definition) is 3. The van der Waals surface area contributed by atoms with Crippen molar-refractivity contribution in [3.8, 4) is 0 Å². The summed E-state index contributed by atoms with van der Waals surface area (Å²) in [7, 11) is 0. The van der Waals surface area contributed by atoms with Crippen LogP contribution >= 0.6 is 11.8 Å². The quantitative estimate of drug-likeness (QED) is 0.588. The van der Waals surface area contributed by atoms with E-state index >= 15 is 0 Å². The molecule has 1 atom stereocenters. The van der Waals surface area contributed by atoms with Gasteiger partial charge in [0.15, 0.2) is 0 Å². The van der Waals surface area contributed by atoms with Crippen LogP contribution in [0.1, 0.15) is 33.1 Å². The third-order valence-electron chi connectivity index (χ3n) is 2.50. The Labute approximate surface area is 114 Å². The van der Waals surface area contributed by atoms with Gasteiger partial charge in [-0.25, -0.2) is 0 Å². The van der Waals surface area contributed by atoms with Crippen LogP contribution in [0.5, 0.6) is 0 Å².